The summed E-state index contributed by atoms with van der Waals surface area (Å²) in [5.41, 5.74) is -0.390. The first-order valence-electron chi connectivity index (χ1n) is 6.10. The molecule has 0 amide bonds. The molecule has 1 rings (SSSR count). The van der Waals surface area contributed by atoms with Crippen molar-refractivity contribution < 1.29 is 9.85 Å². The highest BCUT2D eigenvalue weighted by Crippen LogP contribution is 2.30. The van der Waals surface area contributed by atoms with E-state index in [2.05, 4.69) is 5.32 Å². The van der Waals surface area contributed by atoms with Crippen molar-refractivity contribution in [1.29, 1.82) is 0 Å². The number of hydrogen-bond acceptors (Lipinski definition) is 5. The Kier molecular flexibility index (Phi) is 5.69. The van der Waals surface area contributed by atoms with E-state index in [4.69, 9.17) is 11.6 Å². The van der Waals surface area contributed by atoms with Gasteiger partial charge in [0.1, 0.15) is 5.69 Å². The fraction of sp³-hybridized carbons (Fsp3) is 0.500. The molecule has 0 heterocycles. The van der Waals surface area contributed by atoms with Crippen molar-refractivity contribution in [2.75, 3.05) is 11.2 Å². The molecule has 0 fully saturated rings. The Balaban J connectivity index is 3.04. The van der Waals surface area contributed by atoms with Gasteiger partial charge in [-0.3, -0.25) is 20.2 Å². The van der Waals surface area contributed by atoms with Crippen LogP contribution in [0.3, 0.4) is 0 Å². The summed E-state index contributed by atoms with van der Waals surface area (Å²) in [4.78, 5) is 20.3. The van der Waals surface area contributed by atoms with Crippen LogP contribution in [0.15, 0.2) is 18.2 Å². The van der Waals surface area contributed by atoms with Crippen LogP contribution in [0.2, 0.25) is 0 Å². The number of non-ortho nitro benzene ring substituents is 1. The Morgan fingerprint density at radius 3 is 2.35 bits per heavy atom. The van der Waals surface area contributed by atoms with Crippen molar-refractivity contribution in [2.45, 2.75) is 26.3 Å². The minimum atomic E-state index is -0.663. The highest BCUT2D eigenvalue weighted by Gasteiger charge is 2.21. The van der Waals surface area contributed by atoms with Crippen LogP contribution in [-0.4, -0.2) is 21.8 Å². The number of anilines is 1. The van der Waals surface area contributed by atoms with Crippen LogP contribution < -0.4 is 5.32 Å². The molecule has 0 spiro atoms. The first-order valence-corrected chi connectivity index (χ1v) is 6.64. The van der Waals surface area contributed by atoms with Crippen molar-refractivity contribution in [3.8, 4) is 0 Å². The van der Waals surface area contributed by atoms with E-state index in [1.165, 1.54) is 12.1 Å². The summed E-state index contributed by atoms with van der Waals surface area (Å²) in [6, 6.07) is 3.40. The third-order valence-electron chi connectivity index (χ3n) is 2.69. The van der Waals surface area contributed by atoms with Crippen LogP contribution >= 0.6 is 11.6 Å². The van der Waals surface area contributed by atoms with Gasteiger partial charge < -0.3 is 5.32 Å². The molecule has 110 valence electrons. The Hall–Kier alpha value is -1.89. The lowest BCUT2D eigenvalue weighted by Gasteiger charge is -2.19. The van der Waals surface area contributed by atoms with Gasteiger partial charge in [0, 0.05) is 18.0 Å². The molecule has 0 aliphatic rings. The van der Waals surface area contributed by atoms with E-state index in [9.17, 15) is 20.2 Å². The number of nitrogens with one attached hydrogen (secondary N) is 1. The van der Waals surface area contributed by atoms with Crippen LogP contribution in [0.1, 0.15) is 20.3 Å². The van der Waals surface area contributed by atoms with Crippen molar-refractivity contribution in [2.24, 2.45) is 5.92 Å². The van der Waals surface area contributed by atoms with E-state index in [1.54, 1.807) is 0 Å². The third kappa shape index (κ3) is 4.34. The van der Waals surface area contributed by atoms with Crippen LogP contribution in [-0.2, 0) is 0 Å². The van der Waals surface area contributed by atoms with Crippen molar-refractivity contribution in [3.63, 3.8) is 0 Å². The summed E-state index contributed by atoms with van der Waals surface area (Å²) in [7, 11) is 0. The molecule has 1 unspecified atom stereocenters. The molecule has 1 aromatic rings. The minimum absolute atomic E-state index is 0.128. The van der Waals surface area contributed by atoms with E-state index in [0.717, 1.165) is 12.5 Å². The molecule has 0 saturated carbocycles. The number of nitro groups is 2. The van der Waals surface area contributed by atoms with Crippen LogP contribution in [0.4, 0.5) is 17.1 Å². The normalized spacial score (nSPS) is 12.2. The van der Waals surface area contributed by atoms with Crippen LogP contribution in [0.5, 0.6) is 0 Å². The highest BCUT2D eigenvalue weighted by molar-refractivity contribution is 6.18. The monoisotopic (exact) mass is 301 g/mol. The fourth-order valence-electron chi connectivity index (χ4n) is 1.86. The number of nitro benzene ring substituents is 2. The molecule has 0 radical (unpaired) electrons. The SMILES string of the molecule is CC(C)CC(CCl)Nc1ccc([N+](=O)[O-])cc1[N+](=O)[O-]. The number of halogens is 1. The molecule has 0 aliphatic carbocycles. The van der Waals surface area contributed by atoms with E-state index in [1.807, 2.05) is 13.8 Å². The summed E-state index contributed by atoms with van der Waals surface area (Å²) in [5, 5.41) is 24.6. The third-order valence-corrected chi connectivity index (χ3v) is 3.06. The molecule has 0 bridgehead atoms. The average molecular weight is 302 g/mol. The maximum Gasteiger partial charge on any atom is 0.299 e. The largest absolute Gasteiger partial charge is 0.376 e. The van der Waals surface area contributed by atoms with E-state index in [0.29, 0.717) is 11.8 Å². The zero-order valence-electron chi connectivity index (χ0n) is 11.2. The number of alkyl halides is 1. The molecule has 0 aromatic heterocycles. The molecule has 0 aliphatic heterocycles. The van der Waals surface area contributed by atoms with Gasteiger partial charge in [-0.2, -0.15) is 0 Å². The van der Waals surface area contributed by atoms with E-state index < -0.39 is 9.85 Å². The van der Waals surface area contributed by atoms with Gasteiger partial charge in [-0.15, -0.1) is 11.6 Å². The summed E-state index contributed by atoms with van der Waals surface area (Å²) >= 11 is 5.83. The molecular formula is C12H16ClN3O4. The number of hydrogen-bond donors (Lipinski definition) is 1. The lowest BCUT2D eigenvalue weighted by Crippen LogP contribution is -2.23. The van der Waals surface area contributed by atoms with Gasteiger partial charge in [0.15, 0.2) is 0 Å². The average Bonchev–Trinajstić information content (AvgIpc) is 2.37. The summed E-state index contributed by atoms with van der Waals surface area (Å²) in [6.07, 6.45) is 0.748. The molecular weight excluding hydrogens is 286 g/mol. The van der Waals surface area contributed by atoms with Crippen molar-refractivity contribution >= 4 is 28.7 Å². The van der Waals surface area contributed by atoms with E-state index in [-0.39, 0.29) is 23.1 Å². The fourth-order valence-corrected chi connectivity index (χ4v) is 2.06. The van der Waals surface area contributed by atoms with Gasteiger partial charge in [-0.1, -0.05) is 13.8 Å². The quantitative estimate of drug-likeness (QED) is 0.471. The summed E-state index contributed by atoms with van der Waals surface area (Å²) in [6.45, 7) is 4.04. The smallest absolute Gasteiger partial charge is 0.299 e. The topological polar surface area (TPSA) is 98.3 Å². The van der Waals surface area contributed by atoms with Crippen LogP contribution in [0.25, 0.3) is 0 Å². The highest BCUT2D eigenvalue weighted by atomic mass is 35.5. The second kappa shape index (κ2) is 7.04. The van der Waals surface area contributed by atoms with E-state index >= 15 is 0 Å². The molecule has 20 heavy (non-hydrogen) atoms. The van der Waals surface area contributed by atoms with Gasteiger partial charge in [0.05, 0.1) is 15.9 Å². The molecule has 0 saturated heterocycles. The molecule has 1 aromatic carbocycles. The van der Waals surface area contributed by atoms with Gasteiger partial charge >= 0.3 is 0 Å². The molecule has 1 atom stereocenters. The maximum atomic E-state index is 11.0. The molecule has 7 nitrogen and oxygen atoms in total. The Morgan fingerprint density at radius 2 is 1.90 bits per heavy atom. The second-order valence-electron chi connectivity index (χ2n) is 4.84. The number of benzene rings is 1. The number of rotatable bonds is 7. The van der Waals surface area contributed by atoms with Crippen molar-refractivity contribution in [1.82, 2.24) is 0 Å². The molecule has 8 heteroatoms. The van der Waals surface area contributed by atoms with Crippen molar-refractivity contribution in [3.05, 3.63) is 38.4 Å². The Morgan fingerprint density at radius 1 is 1.25 bits per heavy atom. The van der Waals surface area contributed by atoms with Gasteiger partial charge in [0.2, 0.25) is 0 Å². The first kappa shape index (κ1) is 16.2. The zero-order valence-corrected chi connectivity index (χ0v) is 12.0. The maximum absolute atomic E-state index is 11.0. The standard InChI is InChI=1S/C12H16ClN3O4/c1-8(2)5-9(7-13)14-11-4-3-10(15(17)18)6-12(11)16(19)20/h3-4,6,8-9,14H,5,7H2,1-2H3. The van der Waals surface area contributed by atoms with Gasteiger partial charge in [-0.25, -0.2) is 0 Å². The van der Waals surface area contributed by atoms with Gasteiger partial charge in [-0.05, 0) is 18.4 Å². The number of nitrogens with zero attached hydrogens (tertiary/aromatic N) is 2. The van der Waals surface area contributed by atoms with Crippen LogP contribution in [0, 0.1) is 26.1 Å². The molecule has 1 N–H and O–H groups in total. The van der Waals surface area contributed by atoms with Gasteiger partial charge in [0.25, 0.3) is 11.4 Å². The minimum Gasteiger partial charge on any atom is -0.376 e. The zero-order chi connectivity index (χ0) is 15.3. The Labute approximate surface area is 121 Å². The summed E-state index contributed by atoms with van der Waals surface area (Å²) < 4.78 is 0. The summed E-state index contributed by atoms with van der Waals surface area (Å²) in [5.74, 6) is 0.676. The predicted octanol–water partition coefficient (Wildman–Crippen LogP) is 3.57. The lowest BCUT2D eigenvalue weighted by molar-refractivity contribution is -0.393. The second-order valence-corrected chi connectivity index (χ2v) is 5.15. The first-order chi connectivity index (χ1) is 9.35. The lowest BCUT2D eigenvalue weighted by atomic mass is 10.0. The predicted molar refractivity (Wildman–Crippen MR) is 77.3 cm³/mol. The Bertz CT molecular complexity index is 507.